The summed E-state index contributed by atoms with van der Waals surface area (Å²) >= 11 is 0. The van der Waals surface area contributed by atoms with E-state index in [2.05, 4.69) is 5.32 Å². The van der Waals surface area contributed by atoms with Crippen molar-refractivity contribution in [2.75, 3.05) is 32.8 Å². The number of hydrogen-bond acceptors (Lipinski definition) is 4. The fraction of sp³-hybridized carbons (Fsp3) is 0.833. The second-order valence-electron chi connectivity index (χ2n) is 5.29. The van der Waals surface area contributed by atoms with E-state index in [1.807, 2.05) is 0 Å². The van der Waals surface area contributed by atoms with Gasteiger partial charge in [-0.3, -0.25) is 9.59 Å². The summed E-state index contributed by atoms with van der Waals surface area (Å²) in [4.78, 5) is 25.0. The summed E-state index contributed by atoms with van der Waals surface area (Å²) in [6.07, 6.45) is 0. The van der Waals surface area contributed by atoms with Gasteiger partial charge in [0.2, 0.25) is 11.8 Å². The van der Waals surface area contributed by atoms with Gasteiger partial charge in [0.25, 0.3) is 0 Å². The van der Waals surface area contributed by atoms with Crippen molar-refractivity contribution in [3.05, 3.63) is 0 Å². The van der Waals surface area contributed by atoms with Crippen LogP contribution in [0, 0.1) is 5.41 Å². The van der Waals surface area contributed by atoms with E-state index in [1.165, 1.54) is 0 Å². The van der Waals surface area contributed by atoms with Crippen LogP contribution in [0.5, 0.6) is 0 Å². The molecule has 6 heteroatoms. The minimum absolute atomic E-state index is 0.0403. The number of primary amides is 1. The van der Waals surface area contributed by atoms with Gasteiger partial charge in [-0.1, -0.05) is 0 Å². The van der Waals surface area contributed by atoms with Gasteiger partial charge in [-0.25, -0.2) is 0 Å². The third kappa shape index (κ3) is 3.96. The van der Waals surface area contributed by atoms with Crippen molar-refractivity contribution in [3.8, 4) is 0 Å². The van der Waals surface area contributed by atoms with Crippen LogP contribution in [0.1, 0.15) is 20.8 Å². The summed E-state index contributed by atoms with van der Waals surface area (Å²) in [6.45, 7) is 8.14. The van der Waals surface area contributed by atoms with Crippen molar-refractivity contribution in [1.82, 2.24) is 10.2 Å². The van der Waals surface area contributed by atoms with E-state index in [0.717, 1.165) is 0 Å². The highest BCUT2D eigenvalue weighted by Crippen LogP contribution is 2.12. The van der Waals surface area contributed by atoms with Gasteiger partial charge in [-0.15, -0.1) is 0 Å². The van der Waals surface area contributed by atoms with Gasteiger partial charge in [0.05, 0.1) is 24.7 Å². The second kappa shape index (κ2) is 6.15. The van der Waals surface area contributed by atoms with Crippen molar-refractivity contribution < 1.29 is 14.3 Å². The summed E-state index contributed by atoms with van der Waals surface area (Å²) in [5, 5.41) is 3.07. The van der Waals surface area contributed by atoms with Gasteiger partial charge in [0, 0.05) is 19.6 Å². The molecule has 2 amide bonds. The Hall–Kier alpha value is -1.14. The first-order chi connectivity index (χ1) is 8.34. The Kier molecular flexibility index (Phi) is 5.10. The average Bonchev–Trinajstić information content (AvgIpc) is 2.36. The molecule has 0 aliphatic carbocycles. The van der Waals surface area contributed by atoms with Gasteiger partial charge >= 0.3 is 0 Å². The molecule has 1 unspecified atom stereocenters. The highest BCUT2D eigenvalue weighted by atomic mass is 16.5. The fourth-order valence-electron chi connectivity index (χ4n) is 1.64. The molecule has 0 aromatic rings. The van der Waals surface area contributed by atoms with Crippen LogP contribution in [0.4, 0.5) is 0 Å². The Morgan fingerprint density at radius 3 is 2.44 bits per heavy atom. The number of ether oxygens (including phenoxy) is 1. The molecule has 1 aliphatic rings. The van der Waals surface area contributed by atoms with Gasteiger partial charge in [0.1, 0.15) is 0 Å². The number of carbonyl (C=O) groups excluding carboxylic acids is 2. The molecule has 1 saturated heterocycles. The first kappa shape index (κ1) is 14.9. The Balaban J connectivity index is 2.42. The molecule has 0 aromatic heterocycles. The van der Waals surface area contributed by atoms with Crippen molar-refractivity contribution >= 4 is 11.8 Å². The second-order valence-corrected chi connectivity index (χ2v) is 5.29. The molecular weight excluding hydrogens is 234 g/mol. The van der Waals surface area contributed by atoms with Gasteiger partial charge in [0.15, 0.2) is 0 Å². The van der Waals surface area contributed by atoms with Crippen molar-refractivity contribution in [2.24, 2.45) is 11.1 Å². The lowest BCUT2D eigenvalue weighted by Crippen LogP contribution is -2.52. The van der Waals surface area contributed by atoms with Crippen molar-refractivity contribution in [3.63, 3.8) is 0 Å². The van der Waals surface area contributed by atoms with Crippen molar-refractivity contribution in [2.45, 2.75) is 26.8 Å². The number of rotatable bonds is 5. The van der Waals surface area contributed by atoms with Gasteiger partial charge in [-0.2, -0.15) is 0 Å². The molecule has 0 radical (unpaired) electrons. The SMILES string of the molecule is CC(NCC(C)(C)C(N)=O)C(=O)N1CCOCC1. The van der Waals surface area contributed by atoms with Crippen LogP contribution < -0.4 is 11.1 Å². The number of nitrogens with two attached hydrogens (primary N) is 1. The summed E-state index contributed by atoms with van der Waals surface area (Å²) in [6, 6.07) is -0.318. The molecule has 0 aromatic carbocycles. The first-order valence-electron chi connectivity index (χ1n) is 6.24. The van der Waals surface area contributed by atoms with Crippen molar-refractivity contribution in [1.29, 1.82) is 0 Å². The zero-order valence-corrected chi connectivity index (χ0v) is 11.4. The molecule has 1 fully saturated rings. The van der Waals surface area contributed by atoms with Crippen LogP contribution in [-0.4, -0.2) is 55.6 Å². The highest BCUT2D eigenvalue weighted by molar-refractivity contribution is 5.82. The van der Waals surface area contributed by atoms with Crippen LogP contribution in [0.25, 0.3) is 0 Å². The van der Waals surface area contributed by atoms with Gasteiger partial charge < -0.3 is 20.7 Å². The maximum atomic E-state index is 12.1. The maximum Gasteiger partial charge on any atom is 0.239 e. The third-order valence-corrected chi connectivity index (χ3v) is 3.21. The predicted molar refractivity (Wildman–Crippen MR) is 67.8 cm³/mol. The van der Waals surface area contributed by atoms with Crippen LogP contribution in [0.15, 0.2) is 0 Å². The highest BCUT2D eigenvalue weighted by Gasteiger charge is 2.28. The number of nitrogens with zero attached hydrogens (tertiary/aromatic N) is 1. The summed E-state index contributed by atoms with van der Waals surface area (Å²) in [7, 11) is 0. The van der Waals surface area contributed by atoms with Crippen LogP contribution in [0.2, 0.25) is 0 Å². The van der Waals surface area contributed by atoms with E-state index in [9.17, 15) is 9.59 Å². The fourth-order valence-corrected chi connectivity index (χ4v) is 1.64. The molecule has 1 heterocycles. The van der Waals surface area contributed by atoms with E-state index in [-0.39, 0.29) is 17.9 Å². The first-order valence-corrected chi connectivity index (χ1v) is 6.24. The Bertz CT molecular complexity index is 312. The minimum Gasteiger partial charge on any atom is -0.378 e. The van der Waals surface area contributed by atoms with Crippen LogP contribution >= 0.6 is 0 Å². The number of carbonyl (C=O) groups is 2. The Morgan fingerprint density at radius 2 is 1.94 bits per heavy atom. The Morgan fingerprint density at radius 1 is 1.39 bits per heavy atom. The molecule has 3 N–H and O–H groups in total. The molecule has 0 bridgehead atoms. The number of nitrogens with one attached hydrogen (secondary N) is 1. The van der Waals surface area contributed by atoms with Gasteiger partial charge in [-0.05, 0) is 20.8 Å². The average molecular weight is 257 g/mol. The molecular formula is C12H23N3O3. The molecule has 1 atom stereocenters. The lowest BCUT2D eigenvalue weighted by molar-refractivity contribution is -0.137. The zero-order valence-electron chi connectivity index (χ0n) is 11.4. The molecule has 104 valence electrons. The molecule has 1 rings (SSSR count). The van der Waals surface area contributed by atoms with E-state index < -0.39 is 5.41 Å². The summed E-state index contributed by atoms with van der Waals surface area (Å²) in [5.74, 6) is -0.334. The molecule has 0 saturated carbocycles. The lowest BCUT2D eigenvalue weighted by atomic mass is 9.92. The largest absolute Gasteiger partial charge is 0.378 e. The van der Waals surface area contributed by atoms with Crippen LogP contribution in [0.3, 0.4) is 0 Å². The molecule has 18 heavy (non-hydrogen) atoms. The van der Waals surface area contributed by atoms with Crippen LogP contribution in [-0.2, 0) is 14.3 Å². The number of morpholine rings is 1. The quantitative estimate of drug-likeness (QED) is 0.684. The monoisotopic (exact) mass is 257 g/mol. The predicted octanol–water partition coefficient (Wildman–Crippen LogP) is -0.665. The molecule has 0 spiro atoms. The summed E-state index contributed by atoms with van der Waals surface area (Å²) < 4.78 is 5.20. The normalized spacial score (nSPS) is 18.5. The molecule has 6 nitrogen and oxygen atoms in total. The smallest absolute Gasteiger partial charge is 0.239 e. The summed E-state index contributed by atoms with van der Waals surface area (Å²) in [5.41, 5.74) is 4.63. The topological polar surface area (TPSA) is 84.7 Å². The third-order valence-electron chi connectivity index (χ3n) is 3.21. The number of amides is 2. The Labute approximate surface area is 108 Å². The standard InChI is InChI=1S/C12H23N3O3/c1-9(14-8-12(2,3)11(13)17)10(16)15-4-6-18-7-5-15/h9,14H,4-8H2,1-3H3,(H2,13,17). The zero-order chi connectivity index (χ0) is 13.8. The minimum atomic E-state index is -0.653. The van der Waals surface area contributed by atoms with E-state index in [4.69, 9.17) is 10.5 Å². The number of hydrogen-bond donors (Lipinski definition) is 2. The molecule has 1 aliphatic heterocycles. The van der Waals surface area contributed by atoms with E-state index in [1.54, 1.807) is 25.7 Å². The lowest BCUT2D eigenvalue weighted by Gasteiger charge is -2.30. The van der Waals surface area contributed by atoms with E-state index >= 15 is 0 Å². The maximum absolute atomic E-state index is 12.1. The van der Waals surface area contributed by atoms with E-state index in [0.29, 0.717) is 32.8 Å².